The summed E-state index contributed by atoms with van der Waals surface area (Å²) in [6, 6.07) is 2.96. The van der Waals surface area contributed by atoms with Crippen LogP contribution in [0.15, 0.2) is 24.8 Å². The number of halogens is 4. The van der Waals surface area contributed by atoms with Gasteiger partial charge in [-0.05, 0) is 65.0 Å². The first kappa shape index (κ1) is 30.6. The molecule has 5 heterocycles. The predicted molar refractivity (Wildman–Crippen MR) is 160 cm³/mol. The summed E-state index contributed by atoms with van der Waals surface area (Å²) in [5.41, 5.74) is 7.05. The molecule has 45 heavy (non-hydrogen) atoms. The number of aromatic nitrogens is 6. The van der Waals surface area contributed by atoms with Gasteiger partial charge in [0.1, 0.15) is 36.0 Å². The molecule has 4 atom stereocenters. The highest BCUT2D eigenvalue weighted by Crippen LogP contribution is 2.45. The molecule has 0 radical (unpaired) electrons. The van der Waals surface area contributed by atoms with Crippen LogP contribution >= 0.6 is 11.6 Å². The van der Waals surface area contributed by atoms with E-state index in [1.165, 1.54) is 12.4 Å². The van der Waals surface area contributed by atoms with Crippen LogP contribution in [-0.4, -0.2) is 77.1 Å². The van der Waals surface area contributed by atoms with Crippen LogP contribution in [0.2, 0.25) is 5.02 Å². The molecule has 1 aliphatic carbocycles. The van der Waals surface area contributed by atoms with E-state index in [2.05, 4.69) is 43.7 Å². The molecule has 4 aromatic rings. The molecule has 3 fully saturated rings. The Morgan fingerprint density at radius 3 is 2.64 bits per heavy atom. The molecule has 3 N–H and O–H groups in total. The number of H-pyrrole nitrogens is 1. The van der Waals surface area contributed by atoms with Crippen molar-refractivity contribution in [2.24, 2.45) is 5.92 Å². The number of alkyl halides is 3. The van der Waals surface area contributed by atoms with Gasteiger partial charge >= 0.3 is 6.18 Å². The van der Waals surface area contributed by atoms with Crippen molar-refractivity contribution >= 4 is 39.6 Å². The third-order valence-corrected chi connectivity index (χ3v) is 9.55. The molecule has 3 aromatic heterocycles. The Bertz CT molecular complexity index is 1720. The number of benzene rings is 1. The van der Waals surface area contributed by atoms with E-state index in [4.69, 9.17) is 31.5 Å². The highest BCUT2D eigenvalue weighted by Gasteiger charge is 2.57. The minimum absolute atomic E-state index is 0.246. The van der Waals surface area contributed by atoms with Crippen molar-refractivity contribution in [3.05, 3.63) is 41.2 Å². The lowest BCUT2D eigenvalue weighted by molar-refractivity contribution is -0.199. The summed E-state index contributed by atoms with van der Waals surface area (Å²) in [7, 11) is 0. The minimum Gasteiger partial charge on any atom is -0.382 e. The maximum atomic E-state index is 13.3. The summed E-state index contributed by atoms with van der Waals surface area (Å²) in [4.78, 5) is 22.9. The van der Waals surface area contributed by atoms with Crippen LogP contribution in [0.3, 0.4) is 0 Å². The number of nitrogens with one attached hydrogen (secondary N) is 1. The van der Waals surface area contributed by atoms with Crippen molar-refractivity contribution in [1.82, 2.24) is 34.4 Å². The van der Waals surface area contributed by atoms with Crippen molar-refractivity contribution in [2.75, 3.05) is 12.3 Å². The van der Waals surface area contributed by atoms with Crippen molar-refractivity contribution in [1.29, 1.82) is 0 Å². The molecular formula is C30H36ClF3N8O3. The number of hydrogen-bond donors (Lipinski definition) is 2. The lowest BCUT2D eigenvalue weighted by Crippen LogP contribution is -2.52. The van der Waals surface area contributed by atoms with E-state index in [1.54, 1.807) is 6.33 Å². The Morgan fingerprint density at radius 2 is 1.91 bits per heavy atom. The van der Waals surface area contributed by atoms with Crippen molar-refractivity contribution < 1.29 is 27.4 Å². The summed E-state index contributed by atoms with van der Waals surface area (Å²) < 4.78 is 61.0. The largest absolute Gasteiger partial charge is 0.417 e. The van der Waals surface area contributed by atoms with Gasteiger partial charge in [0.05, 0.1) is 27.9 Å². The number of ether oxygens (including phenoxy) is 3. The van der Waals surface area contributed by atoms with Gasteiger partial charge in [-0.15, -0.1) is 0 Å². The minimum atomic E-state index is -4.52. The number of anilines is 1. The van der Waals surface area contributed by atoms with Gasteiger partial charge in [0.25, 0.3) is 0 Å². The Kier molecular flexibility index (Phi) is 7.51. The van der Waals surface area contributed by atoms with Crippen molar-refractivity contribution in [3.8, 4) is 0 Å². The molecule has 7 rings (SSSR count). The molecule has 242 valence electrons. The zero-order chi connectivity index (χ0) is 31.8. The molecular weight excluding hydrogens is 613 g/mol. The third-order valence-electron chi connectivity index (χ3n) is 9.23. The summed E-state index contributed by atoms with van der Waals surface area (Å²) in [6.45, 7) is 8.86. The van der Waals surface area contributed by atoms with E-state index in [-0.39, 0.29) is 29.4 Å². The highest BCUT2D eigenvalue weighted by molar-refractivity contribution is 6.32. The number of fused-ring (bicyclic) bond motifs is 3. The van der Waals surface area contributed by atoms with E-state index in [1.807, 2.05) is 18.4 Å². The number of rotatable bonds is 8. The average Bonchev–Trinajstić information content (AvgIpc) is 3.67. The SMILES string of the molecule is CC(C)N(C[C@H]1OC(n2cnc3c(N)ncnc32)[C@@H]2OC(C)(C)O[C@H]12)[C@H]1C[C@H](CCc2nc3cc(Cl)c(C(F)(F)F)cc3[nH]2)C1. The molecule has 1 unspecified atom stereocenters. The number of nitrogens with zero attached hydrogens (tertiary/aromatic N) is 6. The van der Waals surface area contributed by atoms with E-state index in [0.29, 0.717) is 58.8 Å². The molecule has 2 saturated heterocycles. The van der Waals surface area contributed by atoms with E-state index in [9.17, 15) is 13.2 Å². The maximum Gasteiger partial charge on any atom is 0.417 e. The third kappa shape index (κ3) is 5.64. The second kappa shape index (κ2) is 11.0. The van der Waals surface area contributed by atoms with Gasteiger partial charge in [0.15, 0.2) is 23.5 Å². The molecule has 11 nitrogen and oxygen atoms in total. The van der Waals surface area contributed by atoms with Gasteiger partial charge in [-0.1, -0.05) is 11.6 Å². The Labute approximate surface area is 262 Å². The van der Waals surface area contributed by atoms with E-state index in [0.717, 1.165) is 25.3 Å². The summed E-state index contributed by atoms with van der Waals surface area (Å²) in [5.74, 6) is 0.692. The number of aromatic amines is 1. The Morgan fingerprint density at radius 1 is 1.16 bits per heavy atom. The molecule has 2 aliphatic heterocycles. The van der Waals surface area contributed by atoms with Gasteiger partial charge < -0.3 is 24.9 Å². The molecule has 0 amide bonds. The number of imidazole rings is 2. The average molecular weight is 649 g/mol. The normalized spacial score (nSPS) is 28.0. The molecule has 0 bridgehead atoms. The fourth-order valence-corrected chi connectivity index (χ4v) is 7.31. The topological polar surface area (TPSA) is 129 Å². The lowest BCUT2D eigenvalue weighted by Gasteiger charge is -2.46. The second-order valence-corrected chi connectivity index (χ2v) is 13.5. The van der Waals surface area contributed by atoms with Crippen LogP contribution in [0.1, 0.15) is 64.6 Å². The molecule has 0 spiro atoms. The number of hydrogen-bond acceptors (Lipinski definition) is 9. The van der Waals surface area contributed by atoms with Gasteiger partial charge in [0.2, 0.25) is 0 Å². The van der Waals surface area contributed by atoms with Crippen LogP contribution in [0.5, 0.6) is 0 Å². The zero-order valence-electron chi connectivity index (χ0n) is 25.4. The van der Waals surface area contributed by atoms with Crippen molar-refractivity contribution in [3.63, 3.8) is 0 Å². The smallest absolute Gasteiger partial charge is 0.382 e. The standard InChI is InChI=1S/C30H36ClF3N8O3/c1-14(2)41(16-7-15(8-16)5-6-22-39-19-9-17(30(32,33)34)18(31)10-20(19)40-22)11-21-24-25(45-29(3,4)44-24)28(43-21)42-13-38-23-26(35)36-12-37-27(23)42/h9-10,12-16,21,24-25,28H,5-8,11H2,1-4H3,(H,39,40)(H2,35,36,37)/t15-,16-,21-,24-,25-,28?/m1/s1. The number of nitrogens with two attached hydrogens (primary N) is 1. The fraction of sp³-hybridized carbons (Fsp3) is 0.600. The number of aryl methyl sites for hydroxylation is 1. The fourth-order valence-electron chi connectivity index (χ4n) is 7.04. The Balaban J connectivity index is 1.01. The lowest BCUT2D eigenvalue weighted by atomic mass is 9.76. The van der Waals surface area contributed by atoms with Gasteiger partial charge in [-0.2, -0.15) is 13.2 Å². The summed E-state index contributed by atoms with van der Waals surface area (Å²) in [6.07, 6.45) is 0.749. The maximum absolute atomic E-state index is 13.3. The zero-order valence-corrected chi connectivity index (χ0v) is 26.1. The van der Waals surface area contributed by atoms with Gasteiger partial charge in [-0.25, -0.2) is 19.9 Å². The van der Waals surface area contributed by atoms with E-state index < -0.39 is 23.8 Å². The molecule has 1 aromatic carbocycles. The quantitative estimate of drug-likeness (QED) is 0.255. The first-order valence-electron chi connectivity index (χ1n) is 15.2. The first-order valence-corrected chi connectivity index (χ1v) is 15.6. The van der Waals surface area contributed by atoms with Crippen LogP contribution < -0.4 is 5.73 Å². The monoisotopic (exact) mass is 648 g/mol. The summed E-state index contributed by atoms with van der Waals surface area (Å²) in [5, 5.41) is -0.345. The second-order valence-electron chi connectivity index (χ2n) is 13.1. The number of nitrogen functional groups attached to an aromatic ring is 1. The van der Waals surface area contributed by atoms with Crippen LogP contribution in [0.4, 0.5) is 19.0 Å². The van der Waals surface area contributed by atoms with Crippen molar-refractivity contribution in [2.45, 2.75) is 102 Å². The molecule has 1 saturated carbocycles. The van der Waals surface area contributed by atoms with Crippen LogP contribution in [-0.2, 0) is 26.8 Å². The van der Waals surface area contributed by atoms with Crippen LogP contribution in [0, 0.1) is 5.92 Å². The predicted octanol–water partition coefficient (Wildman–Crippen LogP) is 5.50. The molecule has 15 heteroatoms. The molecule has 3 aliphatic rings. The highest BCUT2D eigenvalue weighted by atomic mass is 35.5. The van der Waals surface area contributed by atoms with Gasteiger partial charge in [0, 0.05) is 25.0 Å². The Hall–Kier alpha value is -3.04. The van der Waals surface area contributed by atoms with E-state index >= 15 is 0 Å². The van der Waals surface area contributed by atoms with Gasteiger partial charge in [-0.3, -0.25) is 9.47 Å². The van der Waals surface area contributed by atoms with Crippen LogP contribution in [0.25, 0.3) is 22.2 Å². The first-order chi connectivity index (χ1) is 21.3. The summed E-state index contributed by atoms with van der Waals surface area (Å²) >= 11 is 5.88.